The van der Waals surface area contributed by atoms with E-state index in [1.807, 2.05) is 0 Å². The Bertz CT molecular complexity index is 335. The van der Waals surface area contributed by atoms with Crippen molar-refractivity contribution in [1.82, 2.24) is 5.32 Å². The van der Waals surface area contributed by atoms with E-state index in [1.54, 1.807) is 0 Å². The molecular weight excluding hydrogens is 250 g/mol. The summed E-state index contributed by atoms with van der Waals surface area (Å²) < 4.78 is 0. The van der Waals surface area contributed by atoms with Gasteiger partial charge in [0.2, 0.25) is 0 Å². The van der Waals surface area contributed by atoms with Crippen molar-refractivity contribution >= 4 is 11.8 Å². The molecule has 0 radical (unpaired) electrons. The predicted molar refractivity (Wildman–Crippen MR) is 85.7 cm³/mol. The van der Waals surface area contributed by atoms with E-state index < -0.39 is 0 Å². The smallest absolute Gasteiger partial charge is 0.0177 e. The molecule has 3 aliphatic rings. The van der Waals surface area contributed by atoms with Gasteiger partial charge in [0.15, 0.2) is 0 Å². The lowest BCUT2D eigenvalue weighted by atomic mass is 9.68. The minimum atomic E-state index is 0.517. The van der Waals surface area contributed by atoms with Crippen LogP contribution in [0.3, 0.4) is 0 Å². The molecule has 3 aliphatic carbocycles. The maximum Gasteiger partial charge on any atom is 0.0177 e. The summed E-state index contributed by atoms with van der Waals surface area (Å²) in [7, 11) is 0. The summed E-state index contributed by atoms with van der Waals surface area (Å²) in [4.78, 5) is 0. The average Bonchev–Trinajstić information content (AvgIpc) is 2.97. The van der Waals surface area contributed by atoms with Gasteiger partial charge in [-0.1, -0.05) is 27.7 Å². The first-order valence-corrected chi connectivity index (χ1v) is 9.38. The van der Waals surface area contributed by atoms with E-state index in [9.17, 15) is 0 Å². The summed E-state index contributed by atoms with van der Waals surface area (Å²) in [5.41, 5.74) is 1.10. The highest BCUT2D eigenvalue weighted by molar-refractivity contribution is 7.99. The standard InChI is InChI=1S/C17H31NS/c1-5-19-14-7-6-13(10-14)18-15-16(2,3)12-8-9-17(15,4)11-12/h12-15,18H,5-11H2,1-4H3/t12-,13?,14?,15?,17+/m0/s1. The number of rotatable bonds is 4. The molecule has 2 bridgehead atoms. The highest BCUT2D eigenvalue weighted by Crippen LogP contribution is 2.62. The van der Waals surface area contributed by atoms with Crippen molar-refractivity contribution in [2.45, 2.75) is 83.6 Å². The van der Waals surface area contributed by atoms with Crippen molar-refractivity contribution in [1.29, 1.82) is 0 Å². The lowest BCUT2D eigenvalue weighted by Gasteiger charge is -2.44. The fourth-order valence-electron chi connectivity index (χ4n) is 5.43. The maximum absolute atomic E-state index is 4.12. The van der Waals surface area contributed by atoms with E-state index in [4.69, 9.17) is 0 Å². The van der Waals surface area contributed by atoms with Gasteiger partial charge in [-0.05, 0) is 61.0 Å². The van der Waals surface area contributed by atoms with Gasteiger partial charge < -0.3 is 5.32 Å². The van der Waals surface area contributed by atoms with Gasteiger partial charge >= 0.3 is 0 Å². The molecule has 0 saturated heterocycles. The van der Waals surface area contributed by atoms with Gasteiger partial charge in [-0.15, -0.1) is 0 Å². The molecule has 19 heavy (non-hydrogen) atoms. The third-order valence-electron chi connectivity index (χ3n) is 6.46. The fraction of sp³-hybridized carbons (Fsp3) is 1.00. The second kappa shape index (κ2) is 4.94. The van der Waals surface area contributed by atoms with E-state index in [0.29, 0.717) is 10.8 Å². The van der Waals surface area contributed by atoms with Crippen molar-refractivity contribution in [2.24, 2.45) is 16.7 Å². The quantitative estimate of drug-likeness (QED) is 0.816. The van der Waals surface area contributed by atoms with E-state index in [2.05, 4.69) is 44.8 Å². The van der Waals surface area contributed by atoms with Crippen molar-refractivity contribution in [3.8, 4) is 0 Å². The van der Waals surface area contributed by atoms with Crippen LogP contribution in [0.25, 0.3) is 0 Å². The Balaban J connectivity index is 1.64. The first-order chi connectivity index (χ1) is 8.95. The average molecular weight is 282 g/mol. The van der Waals surface area contributed by atoms with Gasteiger partial charge in [-0.3, -0.25) is 0 Å². The molecule has 3 unspecified atom stereocenters. The van der Waals surface area contributed by atoms with Crippen molar-refractivity contribution in [2.75, 3.05) is 5.75 Å². The molecule has 0 aliphatic heterocycles. The van der Waals surface area contributed by atoms with Crippen LogP contribution in [-0.2, 0) is 0 Å². The first-order valence-electron chi connectivity index (χ1n) is 8.33. The fourth-order valence-corrected chi connectivity index (χ4v) is 6.57. The minimum absolute atomic E-state index is 0.517. The van der Waals surface area contributed by atoms with Gasteiger partial charge in [0.1, 0.15) is 0 Å². The van der Waals surface area contributed by atoms with Crippen LogP contribution in [0.15, 0.2) is 0 Å². The molecule has 110 valence electrons. The SMILES string of the molecule is CCSC1CCC(NC2C(C)(C)[C@H]3CC[C@]2(C)C3)C1. The molecule has 1 N–H and O–H groups in total. The highest BCUT2D eigenvalue weighted by Gasteiger charge is 2.59. The van der Waals surface area contributed by atoms with Crippen LogP contribution in [-0.4, -0.2) is 23.1 Å². The molecule has 3 rings (SSSR count). The molecule has 3 fully saturated rings. The predicted octanol–water partition coefficient (Wildman–Crippen LogP) is 4.47. The highest BCUT2D eigenvalue weighted by atomic mass is 32.2. The van der Waals surface area contributed by atoms with E-state index >= 15 is 0 Å². The Morgan fingerprint density at radius 1 is 1.16 bits per heavy atom. The largest absolute Gasteiger partial charge is 0.310 e. The lowest BCUT2D eigenvalue weighted by molar-refractivity contribution is 0.0989. The summed E-state index contributed by atoms with van der Waals surface area (Å²) in [6, 6.07) is 1.55. The number of hydrogen-bond acceptors (Lipinski definition) is 2. The molecule has 1 nitrogen and oxygen atoms in total. The zero-order valence-corrected chi connectivity index (χ0v) is 14.0. The Kier molecular flexibility index (Phi) is 3.71. The Labute approximate surface area is 123 Å². The van der Waals surface area contributed by atoms with Crippen LogP contribution >= 0.6 is 11.8 Å². The molecule has 0 amide bonds. The van der Waals surface area contributed by atoms with Crippen LogP contribution in [0.5, 0.6) is 0 Å². The summed E-state index contributed by atoms with van der Waals surface area (Å²) in [6.45, 7) is 9.89. The second-order valence-electron chi connectivity index (χ2n) is 8.10. The number of nitrogens with one attached hydrogen (secondary N) is 1. The molecule has 0 spiro atoms. The van der Waals surface area contributed by atoms with Gasteiger partial charge in [-0.25, -0.2) is 0 Å². The van der Waals surface area contributed by atoms with Crippen LogP contribution < -0.4 is 5.32 Å². The molecule has 2 heteroatoms. The van der Waals surface area contributed by atoms with Crippen LogP contribution in [0.4, 0.5) is 0 Å². The molecule has 0 aromatic carbocycles. The lowest BCUT2D eigenvalue weighted by Crippen LogP contribution is -2.53. The van der Waals surface area contributed by atoms with Crippen molar-refractivity contribution in [3.63, 3.8) is 0 Å². The molecular formula is C17H31NS. The van der Waals surface area contributed by atoms with Gasteiger partial charge in [0, 0.05) is 17.3 Å². The Morgan fingerprint density at radius 3 is 2.58 bits per heavy atom. The molecule has 3 saturated carbocycles. The summed E-state index contributed by atoms with van der Waals surface area (Å²) in [5.74, 6) is 2.25. The Hall–Kier alpha value is 0.310. The normalized spacial score (nSPS) is 48.0. The summed E-state index contributed by atoms with van der Waals surface area (Å²) in [6.07, 6.45) is 8.65. The van der Waals surface area contributed by atoms with E-state index in [0.717, 1.165) is 23.3 Å². The zero-order valence-electron chi connectivity index (χ0n) is 13.2. The van der Waals surface area contributed by atoms with Crippen LogP contribution in [0.1, 0.15) is 66.2 Å². The maximum atomic E-state index is 4.12. The van der Waals surface area contributed by atoms with Gasteiger partial charge in [-0.2, -0.15) is 11.8 Å². The van der Waals surface area contributed by atoms with Crippen LogP contribution in [0, 0.1) is 16.7 Å². The van der Waals surface area contributed by atoms with Gasteiger partial charge in [0.25, 0.3) is 0 Å². The molecule has 0 aromatic rings. The van der Waals surface area contributed by atoms with Crippen molar-refractivity contribution < 1.29 is 0 Å². The topological polar surface area (TPSA) is 12.0 Å². The summed E-state index contributed by atoms with van der Waals surface area (Å²) >= 11 is 2.17. The number of hydrogen-bond donors (Lipinski definition) is 1. The molecule has 0 aromatic heterocycles. The molecule has 0 heterocycles. The monoisotopic (exact) mass is 281 g/mol. The van der Waals surface area contributed by atoms with Gasteiger partial charge in [0.05, 0.1) is 0 Å². The van der Waals surface area contributed by atoms with Crippen LogP contribution in [0.2, 0.25) is 0 Å². The zero-order chi connectivity index (χ0) is 13.7. The number of thioether (sulfide) groups is 1. The van der Waals surface area contributed by atoms with Crippen molar-refractivity contribution in [3.05, 3.63) is 0 Å². The first kappa shape index (κ1) is 14.3. The summed E-state index contributed by atoms with van der Waals surface area (Å²) in [5, 5.41) is 5.04. The third-order valence-corrected chi connectivity index (χ3v) is 7.69. The van der Waals surface area contributed by atoms with E-state index in [1.165, 1.54) is 44.3 Å². The van der Waals surface area contributed by atoms with E-state index in [-0.39, 0.29) is 0 Å². The third kappa shape index (κ3) is 2.37. The minimum Gasteiger partial charge on any atom is -0.310 e. The Morgan fingerprint density at radius 2 is 1.95 bits per heavy atom. The molecule has 5 atom stereocenters. The second-order valence-corrected chi connectivity index (χ2v) is 9.68. The number of fused-ring (bicyclic) bond motifs is 2.